The molecule has 8 nitrogen and oxygen atoms in total. The number of hydrogen-bond acceptors (Lipinski definition) is 6. The van der Waals surface area contributed by atoms with Crippen LogP contribution in [0.4, 0.5) is 0 Å². The number of phenolic OH excluding ortho intramolecular Hbond substituents is 2. The predicted molar refractivity (Wildman–Crippen MR) is 193 cm³/mol. The van der Waals surface area contributed by atoms with Gasteiger partial charge in [0.15, 0.2) is 0 Å². The van der Waals surface area contributed by atoms with Gasteiger partial charge in [0, 0.05) is 60.6 Å². The first-order valence-electron chi connectivity index (χ1n) is 16.8. The van der Waals surface area contributed by atoms with E-state index in [9.17, 15) is 19.8 Å². The summed E-state index contributed by atoms with van der Waals surface area (Å²) in [5.74, 6) is -0.108. The third-order valence-electron chi connectivity index (χ3n) is 8.86. The van der Waals surface area contributed by atoms with Gasteiger partial charge in [-0.25, -0.2) is 0 Å². The molecule has 1 aliphatic heterocycles. The van der Waals surface area contributed by atoms with Crippen LogP contribution in [0.2, 0.25) is 0 Å². The van der Waals surface area contributed by atoms with E-state index in [4.69, 9.17) is 15.7 Å². The lowest BCUT2D eigenvalue weighted by Crippen LogP contribution is -2.29. The molecule has 8 heteroatoms. The minimum atomic E-state index is -0.428. The van der Waals surface area contributed by atoms with Crippen molar-refractivity contribution in [2.45, 2.75) is 136 Å². The van der Waals surface area contributed by atoms with E-state index in [0.29, 0.717) is 30.6 Å². The van der Waals surface area contributed by atoms with E-state index in [-0.39, 0.29) is 64.0 Å². The first-order valence-corrected chi connectivity index (χ1v) is 16.8. The molecule has 3 rings (SSSR count). The van der Waals surface area contributed by atoms with E-state index >= 15 is 0 Å². The molecular weight excluding hydrogens is 588 g/mol. The number of primary amides is 1. The number of likely N-dealkylation sites (tertiary alicyclic amines) is 1. The summed E-state index contributed by atoms with van der Waals surface area (Å²) < 4.78 is 0. The second-order valence-electron chi connectivity index (χ2n) is 17.2. The van der Waals surface area contributed by atoms with E-state index in [2.05, 4.69) is 95.2 Å². The number of phenols is 2. The topological polar surface area (TPSA) is 129 Å². The lowest BCUT2D eigenvalue weighted by atomic mass is 9.79. The van der Waals surface area contributed by atoms with Crippen molar-refractivity contribution in [3.8, 4) is 11.5 Å². The Morgan fingerprint density at radius 2 is 1.09 bits per heavy atom. The number of amides is 2. The number of carbonyl (C=O) groups excluding carboxylic acids is 2. The second-order valence-corrected chi connectivity index (χ2v) is 17.2. The van der Waals surface area contributed by atoms with Gasteiger partial charge < -0.3 is 20.8 Å². The van der Waals surface area contributed by atoms with Crippen LogP contribution in [0.25, 0.3) is 0 Å². The fourth-order valence-electron chi connectivity index (χ4n) is 5.71. The molecule has 0 radical (unpaired) electrons. The summed E-state index contributed by atoms with van der Waals surface area (Å²) in [6, 6.07) is 7.36. The lowest BCUT2D eigenvalue weighted by Gasteiger charge is -2.27. The molecule has 0 spiro atoms. The molecule has 258 valence electrons. The van der Waals surface area contributed by atoms with Crippen LogP contribution in [0.5, 0.6) is 11.5 Å². The van der Waals surface area contributed by atoms with Gasteiger partial charge >= 0.3 is 0 Å². The molecule has 0 saturated carbocycles. The molecule has 0 aliphatic carbocycles. The Labute approximate surface area is 282 Å². The van der Waals surface area contributed by atoms with E-state index < -0.39 is 5.91 Å². The molecule has 2 amide bonds. The molecule has 4 N–H and O–H groups in total. The zero-order valence-electron chi connectivity index (χ0n) is 30.8. The summed E-state index contributed by atoms with van der Waals surface area (Å²) in [6.07, 6.45) is 4.18. The molecule has 1 fully saturated rings. The van der Waals surface area contributed by atoms with Crippen molar-refractivity contribution in [1.29, 1.82) is 0 Å². The van der Waals surface area contributed by atoms with Crippen molar-refractivity contribution < 1.29 is 19.8 Å². The van der Waals surface area contributed by atoms with Crippen LogP contribution in [-0.2, 0) is 31.2 Å². The lowest BCUT2D eigenvalue weighted by molar-refractivity contribution is -0.130. The van der Waals surface area contributed by atoms with Gasteiger partial charge in [-0.05, 0) is 51.3 Å². The van der Waals surface area contributed by atoms with Gasteiger partial charge in [-0.3, -0.25) is 19.6 Å². The highest BCUT2D eigenvalue weighted by Crippen LogP contribution is 2.39. The summed E-state index contributed by atoms with van der Waals surface area (Å²) in [7, 11) is 0. The quantitative estimate of drug-likeness (QED) is 0.265. The maximum Gasteiger partial charge on any atom is 0.222 e. The second kappa shape index (κ2) is 13.8. The highest BCUT2D eigenvalue weighted by Gasteiger charge is 2.35. The number of carbonyl (C=O) groups is 2. The van der Waals surface area contributed by atoms with E-state index in [1.807, 2.05) is 12.1 Å². The minimum absolute atomic E-state index is 0.0793. The molecule has 0 bridgehead atoms. The fourth-order valence-corrected chi connectivity index (χ4v) is 5.71. The number of hydrogen-bond donors (Lipinski definition) is 3. The van der Waals surface area contributed by atoms with Crippen molar-refractivity contribution in [2.75, 3.05) is 13.1 Å². The first-order chi connectivity index (χ1) is 21.4. The Bertz CT molecular complexity index is 1430. The number of benzene rings is 2. The molecule has 2 aromatic rings. The monoisotopic (exact) mass is 646 g/mol. The molecule has 2 aromatic carbocycles. The maximum atomic E-state index is 13.2. The molecule has 47 heavy (non-hydrogen) atoms. The average Bonchev–Trinajstić information content (AvgIpc) is 3.32. The molecule has 1 saturated heterocycles. The van der Waals surface area contributed by atoms with Crippen molar-refractivity contribution in [2.24, 2.45) is 15.7 Å². The predicted octanol–water partition coefficient (Wildman–Crippen LogP) is 7.06. The Morgan fingerprint density at radius 1 is 0.702 bits per heavy atom. The highest BCUT2D eigenvalue weighted by atomic mass is 16.3. The van der Waals surface area contributed by atoms with Crippen LogP contribution in [0.3, 0.4) is 0 Å². The SMILES string of the molecule is CC(C)(C)c1cc(C=N[C@@H]2CN(C(=O)CCCC(N)=O)C[C@H]2N=Cc2cc(C(C)(C)C)cc(C(C)(C)C)c2O)c(O)c(C(C)(C)C)c1. The van der Waals surface area contributed by atoms with Crippen LogP contribution < -0.4 is 5.73 Å². The van der Waals surface area contributed by atoms with Gasteiger partial charge in [0.05, 0.1) is 12.1 Å². The third kappa shape index (κ3) is 9.68. The van der Waals surface area contributed by atoms with E-state index in [1.54, 1.807) is 17.3 Å². The first kappa shape index (κ1) is 37.8. The van der Waals surface area contributed by atoms with Gasteiger partial charge in [0.2, 0.25) is 11.8 Å². The number of aromatic hydroxyl groups is 2. The standard InChI is InChI=1S/C39H58N4O4/c1-36(2,3)26-16-24(34(46)28(18-26)38(7,8)9)20-41-30-22-43(33(45)15-13-14-32(40)44)23-31(30)42-21-25-17-27(37(4,5)6)19-29(35(25)47)39(10,11)12/h16-21,30-31,46-47H,13-15,22-23H2,1-12H3,(H2,40,44)/t30-,31-/m1/s1. The largest absolute Gasteiger partial charge is 0.507 e. The van der Waals surface area contributed by atoms with Gasteiger partial charge in [-0.15, -0.1) is 0 Å². The summed E-state index contributed by atoms with van der Waals surface area (Å²) in [5.41, 5.74) is 9.60. The van der Waals surface area contributed by atoms with Crippen LogP contribution in [-0.4, -0.2) is 64.5 Å². The highest BCUT2D eigenvalue weighted by molar-refractivity contribution is 5.87. The zero-order valence-corrected chi connectivity index (χ0v) is 30.8. The molecule has 0 unspecified atom stereocenters. The van der Waals surface area contributed by atoms with Gasteiger partial charge in [-0.1, -0.05) is 95.2 Å². The molecule has 2 atom stereocenters. The van der Waals surface area contributed by atoms with Crippen LogP contribution in [0.15, 0.2) is 34.3 Å². The van der Waals surface area contributed by atoms with Crippen LogP contribution in [0, 0.1) is 0 Å². The van der Waals surface area contributed by atoms with Gasteiger partial charge in [0.25, 0.3) is 0 Å². The van der Waals surface area contributed by atoms with Crippen molar-refractivity contribution in [3.05, 3.63) is 57.6 Å². The summed E-state index contributed by atoms with van der Waals surface area (Å²) in [5, 5.41) is 22.7. The normalized spacial score (nSPS) is 18.1. The molecule has 1 heterocycles. The van der Waals surface area contributed by atoms with Crippen molar-refractivity contribution in [1.82, 2.24) is 4.90 Å². The molecule has 1 aliphatic rings. The number of aliphatic imine (C=N–C) groups is 2. The Kier molecular flexibility index (Phi) is 11.1. The number of nitrogens with two attached hydrogens (primary N) is 1. The van der Waals surface area contributed by atoms with Gasteiger partial charge in [0.1, 0.15) is 11.5 Å². The van der Waals surface area contributed by atoms with Gasteiger partial charge in [-0.2, -0.15) is 0 Å². The van der Waals surface area contributed by atoms with Crippen molar-refractivity contribution >= 4 is 24.2 Å². The Hall–Kier alpha value is -3.68. The molecule has 0 aromatic heterocycles. The molecular formula is C39H58N4O4. The smallest absolute Gasteiger partial charge is 0.222 e. The maximum absolute atomic E-state index is 13.2. The zero-order chi connectivity index (χ0) is 35.7. The van der Waals surface area contributed by atoms with E-state index in [1.165, 1.54) is 0 Å². The minimum Gasteiger partial charge on any atom is -0.507 e. The summed E-state index contributed by atoms with van der Waals surface area (Å²) in [6.45, 7) is 26.0. The van der Waals surface area contributed by atoms with Crippen LogP contribution >= 0.6 is 0 Å². The van der Waals surface area contributed by atoms with E-state index in [0.717, 1.165) is 22.3 Å². The Morgan fingerprint density at radius 3 is 1.40 bits per heavy atom. The third-order valence-corrected chi connectivity index (χ3v) is 8.86. The summed E-state index contributed by atoms with van der Waals surface area (Å²) >= 11 is 0. The van der Waals surface area contributed by atoms with Crippen molar-refractivity contribution in [3.63, 3.8) is 0 Å². The number of rotatable bonds is 8. The summed E-state index contributed by atoms with van der Waals surface area (Å²) in [4.78, 5) is 36.1. The average molecular weight is 647 g/mol. The van der Waals surface area contributed by atoms with Crippen LogP contribution in [0.1, 0.15) is 136 Å². The fraction of sp³-hybridized carbons (Fsp3) is 0.590. The Balaban J connectivity index is 2.07. The number of nitrogens with zero attached hydrogens (tertiary/aromatic N) is 3.